The average molecular weight is 501 g/mol. The van der Waals surface area contributed by atoms with Crippen molar-refractivity contribution in [1.82, 2.24) is 0 Å². The maximum absolute atomic E-state index is 13.2. The molecule has 1 saturated carbocycles. The van der Waals surface area contributed by atoms with E-state index in [0.29, 0.717) is 36.5 Å². The number of methoxy groups -OCH3 is 2. The molecule has 1 aliphatic heterocycles. The zero-order valence-electron chi connectivity index (χ0n) is 20.7. The lowest BCUT2D eigenvalue weighted by atomic mass is 9.80. The number of ether oxygens (including phenoxy) is 5. The Labute approximate surface area is 215 Å². The lowest BCUT2D eigenvalue weighted by Gasteiger charge is -2.36. The maximum atomic E-state index is 13.2. The Morgan fingerprint density at radius 1 is 0.838 bits per heavy atom. The molecular formula is C30H28O7. The fourth-order valence-electron chi connectivity index (χ4n) is 4.85. The first-order valence-corrected chi connectivity index (χ1v) is 12.2. The molecule has 0 bridgehead atoms. The van der Waals surface area contributed by atoms with Gasteiger partial charge in [0.1, 0.15) is 41.3 Å². The number of hydrogen-bond donors (Lipinski definition) is 0. The van der Waals surface area contributed by atoms with Crippen LogP contribution in [0, 0.1) is 5.92 Å². The summed E-state index contributed by atoms with van der Waals surface area (Å²) in [5.74, 6) is 0.530. The molecule has 0 spiro atoms. The molecule has 3 atom stereocenters. The van der Waals surface area contributed by atoms with E-state index in [0.717, 1.165) is 11.1 Å². The van der Waals surface area contributed by atoms with Crippen molar-refractivity contribution >= 4 is 11.8 Å². The number of allylic oxidation sites excluding steroid dienone is 1. The van der Waals surface area contributed by atoms with E-state index in [4.69, 9.17) is 23.7 Å². The van der Waals surface area contributed by atoms with Crippen LogP contribution in [0.15, 0.2) is 84.8 Å². The molecule has 2 aliphatic rings. The number of Topliss-reactive ketones (excluding diaryl/α,β-unsaturated/α-hetero) is 1. The van der Waals surface area contributed by atoms with Crippen molar-refractivity contribution in [2.45, 2.75) is 31.5 Å². The first-order valence-electron chi connectivity index (χ1n) is 12.2. The summed E-state index contributed by atoms with van der Waals surface area (Å²) in [7, 11) is 2.98. The second kappa shape index (κ2) is 10.8. The molecule has 1 aliphatic carbocycles. The molecule has 5 rings (SSSR count). The third kappa shape index (κ3) is 5.16. The van der Waals surface area contributed by atoms with Crippen molar-refractivity contribution in [3.05, 3.63) is 90.4 Å². The highest BCUT2D eigenvalue weighted by Crippen LogP contribution is 2.37. The van der Waals surface area contributed by atoms with Crippen molar-refractivity contribution in [3.8, 4) is 28.4 Å². The summed E-state index contributed by atoms with van der Waals surface area (Å²) in [5, 5.41) is 0. The van der Waals surface area contributed by atoms with Gasteiger partial charge in [0.25, 0.3) is 0 Å². The van der Waals surface area contributed by atoms with Gasteiger partial charge in [-0.15, -0.1) is 0 Å². The minimum Gasteiger partial charge on any atom is -0.496 e. The van der Waals surface area contributed by atoms with Crippen LogP contribution in [0.2, 0.25) is 0 Å². The number of benzene rings is 3. The molecule has 0 radical (unpaired) electrons. The van der Waals surface area contributed by atoms with E-state index in [1.54, 1.807) is 18.2 Å². The monoisotopic (exact) mass is 500 g/mol. The zero-order valence-corrected chi connectivity index (χ0v) is 20.7. The largest absolute Gasteiger partial charge is 0.496 e. The highest BCUT2D eigenvalue weighted by Gasteiger charge is 2.42. The minimum atomic E-state index is -0.529. The van der Waals surface area contributed by atoms with Gasteiger partial charge < -0.3 is 23.7 Å². The van der Waals surface area contributed by atoms with Gasteiger partial charge in [0.15, 0.2) is 0 Å². The molecule has 0 amide bonds. The predicted molar refractivity (Wildman–Crippen MR) is 137 cm³/mol. The van der Waals surface area contributed by atoms with E-state index in [2.05, 4.69) is 0 Å². The Balaban J connectivity index is 1.22. The quantitative estimate of drug-likeness (QED) is 0.392. The number of carbonyl (C=O) groups is 2. The van der Waals surface area contributed by atoms with Crippen LogP contribution in [0.1, 0.15) is 29.6 Å². The second-order valence-corrected chi connectivity index (χ2v) is 9.00. The first-order chi connectivity index (χ1) is 18.1. The third-order valence-electron chi connectivity index (χ3n) is 6.77. The average Bonchev–Trinajstić information content (AvgIpc) is 2.95. The van der Waals surface area contributed by atoms with Crippen LogP contribution in [-0.4, -0.2) is 38.2 Å². The van der Waals surface area contributed by atoms with Crippen LogP contribution in [0.5, 0.6) is 17.2 Å². The van der Waals surface area contributed by atoms with E-state index in [1.807, 2.05) is 54.6 Å². The van der Waals surface area contributed by atoms with Gasteiger partial charge in [0, 0.05) is 6.42 Å². The fraction of sp³-hybridized carbons (Fsp3) is 0.267. The van der Waals surface area contributed by atoms with Crippen LogP contribution in [0.4, 0.5) is 0 Å². The normalized spacial score (nSPS) is 20.6. The molecule has 7 heteroatoms. The standard InChI is InChI=1S/C30H28O7/c1-33-24-9-6-10-25(34-2)28(24)30(32)37-22-15-16-23-26(17-22)35-18-27(29(23)31)36-21-13-11-20(12-14-21)19-7-4-3-5-8-19/h3-14,18,22-23,26H,15-17H2,1-2H3. The SMILES string of the molecule is COc1cccc(OC)c1C(=O)OC1CCC2C(=O)C(Oc3ccc(-c4ccccc4)cc3)=COC2C1. The maximum Gasteiger partial charge on any atom is 0.346 e. The van der Waals surface area contributed by atoms with E-state index in [9.17, 15) is 9.59 Å². The summed E-state index contributed by atoms with van der Waals surface area (Å²) in [6, 6.07) is 22.7. The molecule has 190 valence electrons. The molecule has 37 heavy (non-hydrogen) atoms. The molecule has 3 aromatic carbocycles. The molecule has 3 unspecified atom stereocenters. The van der Waals surface area contributed by atoms with Gasteiger partial charge in [-0.2, -0.15) is 0 Å². The van der Waals surface area contributed by atoms with Crippen LogP contribution < -0.4 is 14.2 Å². The summed E-state index contributed by atoms with van der Waals surface area (Å²) in [6.45, 7) is 0. The third-order valence-corrected chi connectivity index (χ3v) is 6.77. The molecule has 0 aromatic heterocycles. The summed E-state index contributed by atoms with van der Waals surface area (Å²) >= 11 is 0. The first kappa shape index (κ1) is 24.4. The summed E-state index contributed by atoms with van der Waals surface area (Å²) in [5.41, 5.74) is 2.41. The Kier molecular flexibility index (Phi) is 7.12. The van der Waals surface area contributed by atoms with Gasteiger partial charge in [-0.05, 0) is 48.2 Å². The summed E-state index contributed by atoms with van der Waals surface area (Å²) in [4.78, 5) is 26.1. The van der Waals surface area contributed by atoms with Gasteiger partial charge in [0.2, 0.25) is 11.5 Å². The number of rotatable bonds is 7. The van der Waals surface area contributed by atoms with Crippen molar-refractivity contribution < 1.29 is 33.3 Å². The predicted octanol–water partition coefficient (Wildman–Crippen LogP) is 5.58. The van der Waals surface area contributed by atoms with Gasteiger partial charge in [-0.25, -0.2) is 4.79 Å². The van der Waals surface area contributed by atoms with Crippen LogP contribution in [-0.2, 0) is 14.3 Å². The second-order valence-electron chi connectivity index (χ2n) is 9.00. The van der Waals surface area contributed by atoms with Gasteiger partial charge in [-0.3, -0.25) is 4.79 Å². The van der Waals surface area contributed by atoms with Crippen molar-refractivity contribution in [1.29, 1.82) is 0 Å². The Bertz CT molecular complexity index is 1280. The van der Waals surface area contributed by atoms with Crippen molar-refractivity contribution in [3.63, 3.8) is 0 Å². The molecular weight excluding hydrogens is 472 g/mol. The van der Waals surface area contributed by atoms with E-state index < -0.39 is 12.1 Å². The lowest BCUT2D eigenvalue weighted by Crippen LogP contribution is -2.43. The Hall–Kier alpha value is -4.26. The topological polar surface area (TPSA) is 80.3 Å². The molecule has 1 heterocycles. The number of carbonyl (C=O) groups excluding carboxylic acids is 2. The molecule has 0 N–H and O–H groups in total. The van der Waals surface area contributed by atoms with Gasteiger partial charge in [0.05, 0.1) is 20.1 Å². The van der Waals surface area contributed by atoms with E-state index >= 15 is 0 Å². The van der Waals surface area contributed by atoms with Crippen LogP contribution >= 0.6 is 0 Å². The molecule has 3 aromatic rings. The van der Waals surface area contributed by atoms with Crippen molar-refractivity contribution in [2.75, 3.05) is 14.2 Å². The Morgan fingerprint density at radius 3 is 2.19 bits per heavy atom. The Morgan fingerprint density at radius 2 is 1.51 bits per heavy atom. The summed E-state index contributed by atoms with van der Waals surface area (Å²) in [6.07, 6.45) is 2.08. The van der Waals surface area contributed by atoms with E-state index in [1.165, 1.54) is 20.5 Å². The lowest BCUT2D eigenvalue weighted by molar-refractivity contribution is -0.132. The zero-order chi connectivity index (χ0) is 25.8. The summed E-state index contributed by atoms with van der Waals surface area (Å²) < 4.78 is 28.2. The number of fused-ring (bicyclic) bond motifs is 1. The van der Waals surface area contributed by atoms with Gasteiger partial charge >= 0.3 is 5.97 Å². The number of ketones is 1. The van der Waals surface area contributed by atoms with Crippen LogP contribution in [0.3, 0.4) is 0 Å². The smallest absolute Gasteiger partial charge is 0.346 e. The number of esters is 1. The van der Waals surface area contributed by atoms with E-state index in [-0.39, 0.29) is 29.1 Å². The minimum absolute atomic E-state index is 0.0976. The van der Waals surface area contributed by atoms with Gasteiger partial charge in [-0.1, -0.05) is 48.5 Å². The molecule has 7 nitrogen and oxygen atoms in total. The molecule has 0 saturated heterocycles. The van der Waals surface area contributed by atoms with Crippen molar-refractivity contribution in [2.24, 2.45) is 5.92 Å². The highest BCUT2D eigenvalue weighted by molar-refractivity contribution is 5.97. The molecule has 1 fully saturated rings. The fourth-order valence-corrected chi connectivity index (χ4v) is 4.85. The number of hydrogen-bond acceptors (Lipinski definition) is 7. The van der Waals surface area contributed by atoms with Crippen LogP contribution in [0.25, 0.3) is 11.1 Å². The highest BCUT2D eigenvalue weighted by atomic mass is 16.6.